The van der Waals surface area contributed by atoms with Crippen LogP contribution in [0, 0.1) is 17.8 Å². The van der Waals surface area contributed by atoms with Gasteiger partial charge in [0.05, 0.1) is 0 Å². The summed E-state index contributed by atoms with van der Waals surface area (Å²) < 4.78 is 0. The van der Waals surface area contributed by atoms with Crippen molar-refractivity contribution in [2.75, 3.05) is 0 Å². The molecule has 0 fully saturated rings. The van der Waals surface area contributed by atoms with Gasteiger partial charge in [-0.05, 0) is 87.5 Å². The third-order valence-electron chi connectivity index (χ3n) is 8.46. The molecule has 0 bridgehead atoms. The average Bonchev–Trinajstić information content (AvgIpc) is 2.91. The fourth-order valence-corrected chi connectivity index (χ4v) is 6.85. The maximum absolute atomic E-state index is 2.47. The topological polar surface area (TPSA) is 0 Å². The Balaban J connectivity index is 1.48. The van der Waals surface area contributed by atoms with Gasteiger partial charge in [0.1, 0.15) is 0 Å². The molecule has 0 nitrogen and oxygen atoms in total. The summed E-state index contributed by atoms with van der Waals surface area (Å²) in [6.07, 6.45) is 27.4. The highest BCUT2D eigenvalue weighted by Crippen LogP contribution is 2.45. The van der Waals surface area contributed by atoms with E-state index in [4.69, 9.17) is 0 Å². The van der Waals surface area contributed by atoms with Crippen LogP contribution in [0.25, 0.3) is 17.2 Å². The van der Waals surface area contributed by atoms with E-state index in [0.717, 1.165) is 12.8 Å². The third-order valence-corrected chi connectivity index (χ3v) is 8.46. The molecule has 0 saturated heterocycles. The monoisotopic (exact) mass is 438 g/mol. The molecule has 0 spiro atoms. The van der Waals surface area contributed by atoms with Crippen LogP contribution >= 0.6 is 0 Å². The summed E-state index contributed by atoms with van der Waals surface area (Å²) >= 11 is 0. The Bertz CT molecular complexity index is 1480. The second kappa shape index (κ2) is 8.13. The number of aryl methyl sites for hydroxylation is 1. The van der Waals surface area contributed by atoms with E-state index in [1.165, 1.54) is 52.0 Å². The summed E-state index contributed by atoms with van der Waals surface area (Å²) in [6.45, 7) is 0. The van der Waals surface area contributed by atoms with Crippen LogP contribution in [-0.4, -0.2) is 0 Å². The molecular formula is C34H30. The first-order chi connectivity index (χ1) is 16.9. The highest BCUT2D eigenvalue weighted by atomic mass is 14.4. The molecule has 2 aromatic rings. The van der Waals surface area contributed by atoms with E-state index in [0.29, 0.717) is 17.8 Å². The number of hydrogen-bond donors (Lipinski definition) is 0. The largest absolute Gasteiger partial charge is 0.0842 e. The van der Waals surface area contributed by atoms with E-state index in [-0.39, 0.29) is 0 Å². The number of fused-ring (bicyclic) bond motifs is 4. The van der Waals surface area contributed by atoms with Crippen molar-refractivity contribution in [2.45, 2.75) is 32.1 Å². The fraction of sp³-hybridized carbons (Fsp3) is 0.235. The quantitative estimate of drug-likeness (QED) is 0.495. The lowest BCUT2D eigenvalue weighted by molar-refractivity contribution is 0.551. The summed E-state index contributed by atoms with van der Waals surface area (Å²) in [5.74, 6) is 1.49. The second-order valence-electron chi connectivity index (χ2n) is 10.3. The fourth-order valence-electron chi connectivity index (χ4n) is 6.85. The minimum atomic E-state index is 0.406. The second-order valence-corrected chi connectivity index (χ2v) is 10.3. The van der Waals surface area contributed by atoms with Crippen LogP contribution < -0.4 is 10.4 Å². The van der Waals surface area contributed by atoms with Gasteiger partial charge in [0.15, 0.2) is 0 Å². The molecular weight excluding hydrogens is 408 g/mol. The van der Waals surface area contributed by atoms with Gasteiger partial charge in [-0.25, -0.2) is 0 Å². The van der Waals surface area contributed by atoms with E-state index in [1.807, 2.05) is 0 Å². The highest BCUT2D eigenvalue weighted by molar-refractivity contribution is 5.84. The van der Waals surface area contributed by atoms with E-state index in [1.54, 1.807) is 16.7 Å². The number of hydrogen-bond acceptors (Lipinski definition) is 0. The van der Waals surface area contributed by atoms with Crippen molar-refractivity contribution in [3.8, 4) is 0 Å². The van der Waals surface area contributed by atoms with E-state index in [9.17, 15) is 0 Å². The molecule has 7 rings (SSSR count). The molecule has 0 aromatic heterocycles. The molecule has 34 heavy (non-hydrogen) atoms. The van der Waals surface area contributed by atoms with Gasteiger partial charge >= 0.3 is 0 Å². The van der Waals surface area contributed by atoms with Crippen LogP contribution in [0.3, 0.4) is 0 Å². The number of benzene rings is 2. The van der Waals surface area contributed by atoms with Crippen LogP contribution in [0.1, 0.15) is 36.8 Å². The lowest BCUT2D eigenvalue weighted by Crippen LogP contribution is -2.41. The SMILES string of the molecule is C1=CC2C(C3=Cc4ccccc4CC3)=c3ccccc3=C(C3=CC=C4C=CCCC4C3)C2C=C1. The molecule has 0 heteroatoms. The van der Waals surface area contributed by atoms with E-state index < -0.39 is 0 Å². The van der Waals surface area contributed by atoms with Crippen molar-refractivity contribution in [3.05, 3.63) is 135 Å². The standard InChI is InChI=1S/C34H30/c1-3-11-25-21-27(19-17-23(25)9-1)33-29-13-5-7-15-31(29)34(32-16-8-6-14-30(32)33)28-20-18-24-10-2-4-12-26(24)22-28/h1-3,5-11,13-16,18,20-21,26,29,31H,4,12,17,19,22H2. The molecule has 3 unspecified atom stereocenters. The minimum absolute atomic E-state index is 0.406. The van der Waals surface area contributed by atoms with Crippen molar-refractivity contribution in [1.82, 2.24) is 0 Å². The maximum Gasteiger partial charge on any atom is 0.0134 e. The van der Waals surface area contributed by atoms with Crippen LogP contribution in [0.15, 0.2) is 114 Å². The predicted molar refractivity (Wildman–Crippen MR) is 143 cm³/mol. The molecule has 2 aromatic carbocycles. The Kier molecular flexibility index (Phi) is 4.79. The Hall–Kier alpha value is -3.38. The Morgan fingerprint density at radius 2 is 1.44 bits per heavy atom. The molecule has 0 radical (unpaired) electrons. The van der Waals surface area contributed by atoms with Crippen LogP contribution in [0.2, 0.25) is 0 Å². The first-order valence-electron chi connectivity index (χ1n) is 12.9. The van der Waals surface area contributed by atoms with Gasteiger partial charge in [0, 0.05) is 11.8 Å². The van der Waals surface area contributed by atoms with Crippen LogP contribution in [0.4, 0.5) is 0 Å². The lowest BCUT2D eigenvalue weighted by Gasteiger charge is -2.37. The van der Waals surface area contributed by atoms with Crippen molar-refractivity contribution < 1.29 is 0 Å². The van der Waals surface area contributed by atoms with Gasteiger partial charge in [-0.2, -0.15) is 0 Å². The zero-order valence-corrected chi connectivity index (χ0v) is 19.6. The van der Waals surface area contributed by atoms with Crippen LogP contribution in [0.5, 0.6) is 0 Å². The summed E-state index contributed by atoms with van der Waals surface area (Å²) in [7, 11) is 0. The molecule has 5 aliphatic rings. The third kappa shape index (κ3) is 3.20. The van der Waals surface area contributed by atoms with E-state index in [2.05, 4.69) is 103 Å². The average molecular weight is 439 g/mol. The molecule has 0 amide bonds. The maximum atomic E-state index is 2.47. The smallest absolute Gasteiger partial charge is 0.0134 e. The summed E-state index contributed by atoms with van der Waals surface area (Å²) in [5, 5.41) is 2.90. The summed E-state index contributed by atoms with van der Waals surface area (Å²) in [6, 6.07) is 18.1. The van der Waals surface area contributed by atoms with Gasteiger partial charge in [0.2, 0.25) is 0 Å². The van der Waals surface area contributed by atoms with Crippen molar-refractivity contribution in [2.24, 2.45) is 17.8 Å². The first kappa shape index (κ1) is 20.0. The molecule has 0 N–H and O–H groups in total. The molecule has 0 aliphatic heterocycles. The lowest BCUT2D eigenvalue weighted by atomic mass is 9.66. The molecule has 0 heterocycles. The van der Waals surface area contributed by atoms with Gasteiger partial charge in [-0.15, -0.1) is 0 Å². The van der Waals surface area contributed by atoms with E-state index >= 15 is 0 Å². The Morgan fingerprint density at radius 1 is 0.706 bits per heavy atom. The number of rotatable bonds is 2. The van der Waals surface area contributed by atoms with Gasteiger partial charge < -0.3 is 0 Å². The van der Waals surface area contributed by atoms with Crippen molar-refractivity contribution in [1.29, 1.82) is 0 Å². The van der Waals surface area contributed by atoms with Crippen LogP contribution in [-0.2, 0) is 6.42 Å². The summed E-state index contributed by atoms with van der Waals surface area (Å²) in [5.41, 5.74) is 10.6. The normalized spacial score (nSPS) is 26.6. The minimum Gasteiger partial charge on any atom is -0.0842 e. The zero-order valence-electron chi connectivity index (χ0n) is 19.6. The molecule has 0 saturated carbocycles. The number of allylic oxidation sites excluding steroid dienone is 11. The van der Waals surface area contributed by atoms with Gasteiger partial charge in [0.25, 0.3) is 0 Å². The van der Waals surface area contributed by atoms with Gasteiger partial charge in [-0.3, -0.25) is 0 Å². The summed E-state index contributed by atoms with van der Waals surface area (Å²) in [4.78, 5) is 0. The molecule has 166 valence electrons. The molecule has 3 atom stereocenters. The van der Waals surface area contributed by atoms with Crippen molar-refractivity contribution in [3.63, 3.8) is 0 Å². The molecule has 5 aliphatic carbocycles. The first-order valence-corrected chi connectivity index (χ1v) is 12.9. The zero-order chi connectivity index (χ0) is 22.5. The Morgan fingerprint density at radius 3 is 2.26 bits per heavy atom. The van der Waals surface area contributed by atoms with Crippen molar-refractivity contribution >= 4 is 17.2 Å². The van der Waals surface area contributed by atoms with Gasteiger partial charge in [-0.1, -0.05) is 103 Å². The Labute approximate surface area is 202 Å². The highest BCUT2D eigenvalue weighted by Gasteiger charge is 2.34. The predicted octanol–water partition coefficient (Wildman–Crippen LogP) is 6.61.